The van der Waals surface area contributed by atoms with Gasteiger partial charge in [-0.05, 0) is 25.5 Å². The van der Waals surface area contributed by atoms with Crippen molar-refractivity contribution in [3.63, 3.8) is 0 Å². The van der Waals surface area contributed by atoms with Crippen LogP contribution in [0.3, 0.4) is 0 Å². The van der Waals surface area contributed by atoms with E-state index in [1.807, 2.05) is 19.1 Å². The Hall–Kier alpha value is -1.64. The highest BCUT2D eigenvalue weighted by Gasteiger charge is 2.12. The molecule has 0 N–H and O–H groups in total. The number of unbranched alkanes of at least 4 members (excludes halogenated alkanes) is 4. The van der Waals surface area contributed by atoms with Gasteiger partial charge in [0.2, 0.25) is 0 Å². The summed E-state index contributed by atoms with van der Waals surface area (Å²) in [5, 5.41) is 0. The van der Waals surface area contributed by atoms with Crippen molar-refractivity contribution >= 4 is 11.9 Å². The first-order chi connectivity index (χ1) is 9.13. The maximum Gasteiger partial charge on any atom is 0.345 e. The molecule has 0 aromatic heterocycles. The van der Waals surface area contributed by atoms with Gasteiger partial charge in [-0.25, -0.2) is 4.79 Å². The van der Waals surface area contributed by atoms with Crippen molar-refractivity contribution < 1.29 is 14.3 Å². The fourth-order valence-electron chi connectivity index (χ4n) is 1.78. The van der Waals surface area contributed by atoms with E-state index in [9.17, 15) is 9.59 Å². The molecule has 0 saturated carbocycles. The van der Waals surface area contributed by atoms with Crippen molar-refractivity contribution in [3.05, 3.63) is 35.4 Å². The third-order valence-electron chi connectivity index (χ3n) is 2.98. The molecule has 0 aliphatic heterocycles. The molecule has 0 spiro atoms. The Morgan fingerprint density at radius 3 is 2.26 bits per heavy atom. The number of carbonyl (C=O) groups is 2. The van der Waals surface area contributed by atoms with Gasteiger partial charge in [0.05, 0.1) is 5.56 Å². The van der Waals surface area contributed by atoms with Crippen LogP contribution in [-0.2, 0) is 9.53 Å². The van der Waals surface area contributed by atoms with Crippen LogP contribution in [0.1, 0.15) is 61.4 Å². The SMILES string of the molecule is CCCCCCCC(=O)OC(=O)c1ccc(C)cc1. The van der Waals surface area contributed by atoms with Gasteiger partial charge in [0.25, 0.3) is 0 Å². The van der Waals surface area contributed by atoms with Crippen molar-refractivity contribution in [1.82, 2.24) is 0 Å². The van der Waals surface area contributed by atoms with Gasteiger partial charge in [-0.2, -0.15) is 0 Å². The predicted molar refractivity (Wildman–Crippen MR) is 75.0 cm³/mol. The van der Waals surface area contributed by atoms with Crippen LogP contribution in [0, 0.1) is 6.92 Å². The van der Waals surface area contributed by atoms with Gasteiger partial charge >= 0.3 is 11.9 Å². The zero-order valence-corrected chi connectivity index (χ0v) is 11.8. The third-order valence-corrected chi connectivity index (χ3v) is 2.98. The van der Waals surface area contributed by atoms with Crippen LogP contribution in [0.4, 0.5) is 0 Å². The van der Waals surface area contributed by atoms with E-state index < -0.39 is 11.9 Å². The molecule has 0 bridgehead atoms. The van der Waals surface area contributed by atoms with Crippen molar-refractivity contribution in [2.24, 2.45) is 0 Å². The molecule has 0 aliphatic carbocycles. The summed E-state index contributed by atoms with van der Waals surface area (Å²) in [5.41, 5.74) is 1.49. The topological polar surface area (TPSA) is 43.4 Å². The van der Waals surface area contributed by atoms with Gasteiger partial charge in [-0.1, -0.05) is 50.3 Å². The minimum atomic E-state index is -0.557. The number of hydrogen-bond donors (Lipinski definition) is 0. The molecule has 19 heavy (non-hydrogen) atoms. The Labute approximate surface area is 115 Å². The number of carbonyl (C=O) groups excluding carboxylic acids is 2. The first-order valence-corrected chi connectivity index (χ1v) is 6.95. The fraction of sp³-hybridized carbons (Fsp3) is 0.500. The third kappa shape index (κ3) is 6.18. The van der Waals surface area contributed by atoms with Crippen molar-refractivity contribution in [2.45, 2.75) is 52.4 Å². The van der Waals surface area contributed by atoms with E-state index in [-0.39, 0.29) is 0 Å². The highest BCUT2D eigenvalue weighted by molar-refractivity contribution is 5.96. The molecule has 0 saturated heterocycles. The van der Waals surface area contributed by atoms with Crippen molar-refractivity contribution in [1.29, 1.82) is 0 Å². The van der Waals surface area contributed by atoms with Gasteiger partial charge in [0.15, 0.2) is 0 Å². The lowest BCUT2D eigenvalue weighted by Crippen LogP contribution is -2.12. The summed E-state index contributed by atoms with van der Waals surface area (Å²) in [7, 11) is 0. The van der Waals surface area contributed by atoms with E-state index in [1.54, 1.807) is 12.1 Å². The number of ether oxygens (including phenoxy) is 1. The Morgan fingerprint density at radius 1 is 1.00 bits per heavy atom. The van der Waals surface area contributed by atoms with E-state index in [1.165, 1.54) is 12.8 Å². The molecule has 0 heterocycles. The summed E-state index contributed by atoms with van der Waals surface area (Å²) < 4.78 is 4.80. The van der Waals surface area contributed by atoms with Crippen LogP contribution in [0.2, 0.25) is 0 Å². The quantitative estimate of drug-likeness (QED) is 0.423. The molecule has 3 nitrogen and oxygen atoms in total. The van der Waals surface area contributed by atoms with Crippen LogP contribution < -0.4 is 0 Å². The minimum absolute atomic E-state index is 0.321. The average molecular weight is 262 g/mol. The van der Waals surface area contributed by atoms with Crippen molar-refractivity contribution in [3.8, 4) is 0 Å². The monoisotopic (exact) mass is 262 g/mol. The largest absolute Gasteiger partial charge is 0.389 e. The van der Waals surface area contributed by atoms with E-state index in [0.717, 1.165) is 24.8 Å². The predicted octanol–water partition coefficient (Wildman–Crippen LogP) is 4.04. The van der Waals surface area contributed by atoms with Gasteiger partial charge < -0.3 is 4.74 Å². The molecule has 1 aromatic carbocycles. The van der Waals surface area contributed by atoms with E-state index in [2.05, 4.69) is 6.92 Å². The minimum Gasteiger partial charge on any atom is -0.389 e. The molecule has 0 fully saturated rings. The summed E-state index contributed by atoms with van der Waals surface area (Å²) in [6.07, 6.45) is 5.63. The fourth-order valence-corrected chi connectivity index (χ4v) is 1.78. The van der Waals surface area contributed by atoms with Gasteiger partial charge in [0.1, 0.15) is 0 Å². The zero-order chi connectivity index (χ0) is 14.1. The van der Waals surface area contributed by atoms with Crippen LogP contribution >= 0.6 is 0 Å². The number of aryl methyl sites for hydroxylation is 1. The lowest BCUT2D eigenvalue weighted by Gasteiger charge is -2.03. The smallest absolute Gasteiger partial charge is 0.345 e. The van der Waals surface area contributed by atoms with E-state index in [0.29, 0.717) is 12.0 Å². The summed E-state index contributed by atoms with van der Waals surface area (Å²) in [6, 6.07) is 7.00. The van der Waals surface area contributed by atoms with E-state index in [4.69, 9.17) is 4.74 Å². The van der Waals surface area contributed by atoms with E-state index >= 15 is 0 Å². The maximum absolute atomic E-state index is 11.7. The summed E-state index contributed by atoms with van der Waals surface area (Å²) in [6.45, 7) is 4.09. The second-order valence-corrected chi connectivity index (χ2v) is 4.79. The lowest BCUT2D eigenvalue weighted by molar-refractivity contribution is -0.138. The standard InChI is InChI=1S/C16H22O3/c1-3-4-5-6-7-8-15(17)19-16(18)14-11-9-13(2)10-12-14/h9-12H,3-8H2,1-2H3. The molecule has 0 unspecified atom stereocenters. The first-order valence-electron chi connectivity index (χ1n) is 6.95. The Bertz CT molecular complexity index is 407. The number of esters is 2. The Morgan fingerprint density at radius 2 is 1.63 bits per heavy atom. The van der Waals surface area contributed by atoms with Gasteiger partial charge in [-0.3, -0.25) is 4.79 Å². The molecule has 0 radical (unpaired) electrons. The average Bonchev–Trinajstić information content (AvgIpc) is 2.39. The summed E-state index contributed by atoms with van der Waals surface area (Å²) in [5.74, 6) is -0.986. The first kappa shape index (κ1) is 15.4. The molecule has 104 valence electrons. The number of rotatable bonds is 7. The normalized spacial score (nSPS) is 10.2. The van der Waals surface area contributed by atoms with Crippen LogP contribution in [-0.4, -0.2) is 11.9 Å². The molecule has 3 heteroatoms. The summed E-state index contributed by atoms with van der Waals surface area (Å²) in [4.78, 5) is 23.1. The number of benzene rings is 1. The van der Waals surface area contributed by atoms with Crippen molar-refractivity contribution in [2.75, 3.05) is 0 Å². The molecular formula is C16H22O3. The highest BCUT2D eigenvalue weighted by atomic mass is 16.6. The molecule has 0 amide bonds. The number of hydrogen-bond acceptors (Lipinski definition) is 3. The Kier molecular flexibility index (Phi) is 6.86. The van der Waals surface area contributed by atoms with Crippen LogP contribution in [0.25, 0.3) is 0 Å². The van der Waals surface area contributed by atoms with Gasteiger partial charge in [0, 0.05) is 6.42 Å². The zero-order valence-electron chi connectivity index (χ0n) is 11.8. The molecule has 0 atom stereocenters. The summed E-state index contributed by atoms with van der Waals surface area (Å²) >= 11 is 0. The maximum atomic E-state index is 11.7. The second kappa shape index (κ2) is 8.46. The highest BCUT2D eigenvalue weighted by Crippen LogP contribution is 2.08. The Balaban J connectivity index is 2.28. The molecular weight excluding hydrogens is 240 g/mol. The molecule has 0 aliphatic rings. The lowest BCUT2D eigenvalue weighted by atomic mass is 10.1. The molecule has 1 aromatic rings. The van der Waals surface area contributed by atoms with Crippen LogP contribution in [0.5, 0.6) is 0 Å². The van der Waals surface area contributed by atoms with Gasteiger partial charge in [-0.15, -0.1) is 0 Å². The molecule has 1 rings (SSSR count). The second-order valence-electron chi connectivity index (χ2n) is 4.79. The van der Waals surface area contributed by atoms with Crippen LogP contribution in [0.15, 0.2) is 24.3 Å².